The first-order chi connectivity index (χ1) is 9.20. The summed E-state index contributed by atoms with van der Waals surface area (Å²) in [7, 11) is 1.46. The smallest absolute Gasteiger partial charge is 0.185 e. The van der Waals surface area contributed by atoms with E-state index in [4.69, 9.17) is 4.74 Å². The maximum atomic E-state index is 11.9. The van der Waals surface area contributed by atoms with Gasteiger partial charge in [-0.1, -0.05) is 36.4 Å². The van der Waals surface area contributed by atoms with Crippen molar-refractivity contribution in [2.24, 2.45) is 0 Å². The zero-order chi connectivity index (χ0) is 13.7. The van der Waals surface area contributed by atoms with Crippen LogP contribution in [0.4, 0.5) is 0 Å². The number of aromatic hydroxyl groups is 1. The van der Waals surface area contributed by atoms with Gasteiger partial charge in [0.2, 0.25) is 0 Å². The molecule has 0 unspecified atom stereocenters. The summed E-state index contributed by atoms with van der Waals surface area (Å²) in [6.07, 6.45) is 3.22. The van der Waals surface area contributed by atoms with Crippen molar-refractivity contribution in [3.63, 3.8) is 0 Å². The lowest BCUT2D eigenvalue weighted by Gasteiger charge is -2.03. The van der Waals surface area contributed by atoms with Gasteiger partial charge in [-0.2, -0.15) is 0 Å². The second-order valence-corrected chi connectivity index (χ2v) is 3.99. The van der Waals surface area contributed by atoms with E-state index in [-0.39, 0.29) is 11.5 Å². The second-order valence-electron chi connectivity index (χ2n) is 3.99. The first kappa shape index (κ1) is 12.9. The van der Waals surface area contributed by atoms with Gasteiger partial charge in [0, 0.05) is 5.56 Å². The highest BCUT2D eigenvalue weighted by molar-refractivity contribution is 6.07. The SMILES string of the molecule is COc1ccc(C(=O)/C=C/c2ccccc2)cc1O. The van der Waals surface area contributed by atoms with E-state index in [2.05, 4.69) is 0 Å². The predicted molar refractivity (Wildman–Crippen MR) is 74.5 cm³/mol. The molecular weight excluding hydrogens is 240 g/mol. The summed E-state index contributed by atoms with van der Waals surface area (Å²) >= 11 is 0. The lowest BCUT2D eigenvalue weighted by molar-refractivity contribution is 0.104. The van der Waals surface area contributed by atoms with Crippen LogP contribution in [0.5, 0.6) is 11.5 Å². The third kappa shape index (κ3) is 3.22. The maximum Gasteiger partial charge on any atom is 0.185 e. The fourth-order valence-corrected chi connectivity index (χ4v) is 1.68. The first-order valence-electron chi connectivity index (χ1n) is 5.85. The van der Waals surface area contributed by atoms with Crippen LogP contribution in [0.3, 0.4) is 0 Å². The highest BCUT2D eigenvalue weighted by atomic mass is 16.5. The Hall–Kier alpha value is -2.55. The van der Waals surface area contributed by atoms with Gasteiger partial charge >= 0.3 is 0 Å². The third-order valence-corrected chi connectivity index (χ3v) is 2.69. The van der Waals surface area contributed by atoms with Crippen LogP contribution in [0.2, 0.25) is 0 Å². The number of allylic oxidation sites excluding steroid dienone is 1. The Morgan fingerprint density at radius 3 is 2.53 bits per heavy atom. The number of benzene rings is 2. The summed E-state index contributed by atoms with van der Waals surface area (Å²) in [5, 5.41) is 9.62. The molecule has 0 bridgehead atoms. The number of hydrogen-bond donors (Lipinski definition) is 1. The normalized spacial score (nSPS) is 10.6. The number of phenols is 1. The average molecular weight is 254 g/mol. The van der Waals surface area contributed by atoms with E-state index in [0.717, 1.165) is 5.56 Å². The fraction of sp³-hybridized carbons (Fsp3) is 0.0625. The molecule has 96 valence electrons. The molecule has 0 heterocycles. The van der Waals surface area contributed by atoms with Crippen molar-refractivity contribution in [3.8, 4) is 11.5 Å². The van der Waals surface area contributed by atoms with Crippen molar-refractivity contribution in [1.29, 1.82) is 0 Å². The van der Waals surface area contributed by atoms with Crippen molar-refractivity contribution in [2.75, 3.05) is 7.11 Å². The molecule has 0 aliphatic heterocycles. The van der Waals surface area contributed by atoms with Gasteiger partial charge in [-0.25, -0.2) is 0 Å². The van der Waals surface area contributed by atoms with E-state index < -0.39 is 0 Å². The topological polar surface area (TPSA) is 46.5 Å². The van der Waals surface area contributed by atoms with Crippen LogP contribution in [-0.4, -0.2) is 18.0 Å². The van der Waals surface area contributed by atoms with Crippen molar-refractivity contribution in [1.82, 2.24) is 0 Å². The maximum absolute atomic E-state index is 11.9. The molecule has 2 aromatic rings. The van der Waals surface area contributed by atoms with Gasteiger partial charge in [-0.15, -0.1) is 0 Å². The molecule has 0 saturated carbocycles. The molecule has 3 heteroatoms. The van der Waals surface area contributed by atoms with Crippen molar-refractivity contribution in [2.45, 2.75) is 0 Å². The second kappa shape index (κ2) is 5.87. The number of carbonyl (C=O) groups excluding carboxylic acids is 1. The molecule has 19 heavy (non-hydrogen) atoms. The van der Waals surface area contributed by atoms with Gasteiger partial charge in [0.15, 0.2) is 17.3 Å². The number of phenolic OH excluding ortho intramolecular Hbond substituents is 1. The largest absolute Gasteiger partial charge is 0.504 e. The van der Waals surface area contributed by atoms with Crippen LogP contribution in [0.15, 0.2) is 54.6 Å². The van der Waals surface area contributed by atoms with E-state index >= 15 is 0 Å². The molecular formula is C16H14O3. The number of ether oxygens (including phenoxy) is 1. The lowest BCUT2D eigenvalue weighted by atomic mass is 10.1. The van der Waals surface area contributed by atoms with Gasteiger partial charge in [-0.05, 0) is 29.8 Å². The van der Waals surface area contributed by atoms with Crippen molar-refractivity contribution >= 4 is 11.9 Å². The Balaban J connectivity index is 2.16. The van der Waals surface area contributed by atoms with E-state index in [1.54, 1.807) is 18.2 Å². The Labute approximate surface area is 111 Å². The van der Waals surface area contributed by atoms with Gasteiger partial charge in [-0.3, -0.25) is 4.79 Å². The van der Waals surface area contributed by atoms with E-state index in [0.29, 0.717) is 11.3 Å². The minimum Gasteiger partial charge on any atom is -0.504 e. The summed E-state index contributed by atoms with van der Waals surface area (Å²) in [5.41, 5.74) is 1.37. The molecule has 0 atom stereocenters. The molecule has 0 amide bonds. The quantitative estimate of drug-likeness (QED) is 0.672. The van der Waals surface area contributed by atoms with Crippen molar-refractivity contribution in [3.05, 3.63) is 65.7 Å². The third-order valence-electron chi connectivity index (χ3n) is 2.69. The summed E-state index contributed by atoms with van der Waals surface area (Å²) in [4.78, 5) is 11.9. The number of methoxy groups -OCH3 is 1. The van der Waals surface area contributed by atoms with Crippen LogP contribution in [0, 0.1) is 0 Å². The summed E-state index contributed by atoms with van der Waals surface area (Å²) < 4.78 is 4.93. The molecule has 0 saturated heterocycles. The molecule has 0 spiro atoms. The first-order valence-corrected chi connectivity index (χ1v) is 5.85. The van der Waals surface area contributed by atoms with Gasteiger partial charge in [0.25, 0.3) is 0 Å². The van der Waals surface area contributed by atoms with Crippen LogP contribution in [-0.2, 0) is 0 Å². The highest BCUT2D eigenvalue weighted by Gasteiger charge is 2.06. The molecule has 3 nitrogen and oxygen atoms in total. The monoisotopic (exact) mass is 254 g/mol. The molecule has 0 fully saturated rings. The highest BCUT2D eigenvalue weighted by Crippen LogP contribution is 2.26. The van der Waals surface area contributed by atoms with Crippen LogP contribution < -0.4 is 4.74 Å². The summed E-state index contributed by atoms with van der Waals surface area (Å²) in [6.45, 7) is 0. The summed E-state index contributed by atoms with van der Waals surface area (Å²) in [5.74, 6) is 0.145. The molecule has 1 N–H and O–H groups in total. The Morgan fingerprint density at radius 2 is 1.89 bits per heavy atom. The van der Waals surface area contributed by atoms with Gasteiger partial charge < -0.3 is 9.84 Å². The molecule has 0 aromatic heterocycles. The van der Waals surface area contributed by atoms with E-state index in [1.165, 1.54) is 19.3 Å². The Kier molecular flexibility index (Phi) is 3.98. The Bertz CT molecular complexity index is 601. The number of hydrogen-bond acceptors (Lipinski definition) is 3. The minimum atomic E-state index is -0.165. The average Bonchev–Trinajstić information content (AvgIpc) is 2.45. The number of ketones is 1. The standard InChI is InChI=1S/C16H14O3/c1-19-16-10-8-13(11-15(16)18)14(17)9-7-12-5-3-2-4-6-12/h2-11,18H,1H3/b9-7+. The van der Waals surface area contributed by atoms with Crippen LogP contribution in [0.1, 0.15) is 15.9 Å². The number of rotatable bonds is 4. The zero-order valence-electron chi connectivity index (χ0n) is 10.5. The Morgan fingerprint density at radius 1 is 1.16 bits per heavy atom. The molecule has 0 radical (unpaired) electrons. The van der Waals surface area contributed by atoms with E-state index in [9.17, 15) is 9.90 Å². The molecule has 2 rings (SSSR count). The van der Waals surface area contributed by atoms with Gasteiger partial charge in [0.05, 0.1) is 7.11 Å². The zero-order valence-corrected chi connectivity index (χ0v) is 10.5. The fourth-order valence-electron chi connectivity index (χ4n) is 1.68. The lowest BCUT2D eigenvalue weighted by Crippen LogP contribution is -1.94. The van der Waals surface area contributed by atoms with Gasteiger partial charge in [0.1, 0.15) is 0 Å². The molecule has 0 aliphatic rings. The summed E-state index contributed by atoms with van der Waals surface area (Å²) in [6, 6.07) is 14.1. The number of carbonyl (C=O) groups is 1. The molecule has 2 aromatic carbocycles. The van der Waals surface area contributed by atoms with Crippen LogP contribution >= 0.6 is 0 Å². The molecule has 0 aliphatic carbocycles. The van der Waals surface area contributed by atoms with E-state index in [1.807, 2.05) is 30.3 Å². The predicted octanol–water partition coefficient (Wildman–Crippen LogP) is 3.30. The minimum absolute atomic E-state index is 0.0403. The van der Waals surface area contributed by atoms with Crippen LogP contribution in [0.25, 0.3) is 6.08 Å². The van der Waals surface area contributed by atoms with Crippen molar-refractivity contribution < 1.29 is 14.6 Å².